The van der Waals surface area contributed by atoms with E-state index in [4.69, 9.17) is 21.1 Å². The van der Waals surface area contributed by atoms with E-state index < -0.39 is 0 Å². The minimum Gasteiger partial charge on any atom is -0.493 e. The molecule has 1 aromatic heterocycles. The number of hydrogen-bond donors (Lipinski definition) is 1. The van der Waals surface area contributed by atoms with Crippen LogP contribution in [-0.2, 0) is 6.42 Å². The minimum absolute atomic E-state index is 0.388. The van der Waals surface area contributed by atoms with Crippen molar-refractivity contribution in [3.05, 3.63) is 39.7 Å². The lowest BCUT2D eigenvalue weighted by Gasteiger charge is -2.11. The van der Waals surface area contributed by atoms with E-state index in [2.05, 4.69) is 31.2 Å². The number of nitrogens with zero attached hydrogens (tertiary/aromatic N) is 2. The normalized spacial score (nSPS) is 10.3. The highest BCUT2D eigenvalue weighted by Crippen LogP contribution is 2.28. The summed E-state index contributed by atoms with van der Waals surface area (Å²) >= 11 is 9.27. The Bertz CT molecular complexity index is 625. The molecule has 5 nitrogen and oxygen atoms in total. The molecule has 0 spiro atoms. The van der Waals surface area contributed by atoms with Crippen molar-refractivity contribution in [2.24, 2.45) is 0 Å². The zero-order chi connectivity index (χ0) is 15.2. The fourth-order valence-corrected chi connectivity index (χ4v) is 2.31. The summed E-state index contributed by atoms with van der Waals surface area (Å²) in [5.74, 6) is 2.12. The third-order valence-corrected chi connectivity index (χ3v) is 4.17. The largest absolute Gasteiger partial charge is 0.493 e. The molecule has 0 aliphatic heterocycles. The average Bonchev–Trinajstić information content (AvgIpc) is 2.51. The Hall–Kier alpha value is -1.53. The van der Waals surface area contributed by atoms with Crippen molar-refractivity contribution in [2.75, 3.05) is 26.1 Å². The summed E-state index contributed by atoms with van der Waals surface area (Å²) in [6.07, 6.45) is 2.24. The van der Waals surface area contributed by atoms with Crippen LogP contribution < -0.4 is 14.8 Å². The van der Waals surface area contributed by atoms with Gasteiger partial charge in [0.05, 0.1) is 18.7 Å². The topological polar surface area (TPSA) is 56.3 Å². The van der Waals surface area contributed by atoms with E-state index in [0.717, 1.165) is 23.5 Å². The van der Waals surface area contributed by atoms with E-state index in [1.807, 2.05) is 18.2 Å². The second-order valence-electron chi connectivity index (χ2n) is 4.19. The Kier molecular flexibility index (Phi) is 5.64. The highest BCUT2D eigenvalue weighted by molar-refractivity contribution is 9.10. The van der Waals surface area contributed by atoms with Gasteiger partial charge in [0.25, 0.3) is 0 Å². The molecule has 21 heavy (non-hydrogen) atoms. The van der Waals surface area contributed by atoms with E-state index in [1.54, 1.807) is 14.2 Å². The van der Waals surface area contributed by atoms with Crippen LogP contribution in [0.5, 0.6) is 11.5 Å². The van der Waals surface area contributed by atoms with Gasteiger partial charge in [-0.15, -0.1) is 0 Å². The maximum Gasteiger partial charge on any atom is 0.160 e. The fourth-order valence-electron chi connectivity index (χ4n) is 1.83. The zero-order valence-corrected chi connectivity index (χ0v) is 14.0. The number of rotatable bonds is 6. The van der Waals surface area contributed by atoms with Crippen molar-refractivity contribution in [3.63, 3.8) is 0 Å². The number of halogens is 2. The second-order valence-corrected chi connectivity index (χ2v) is 5.34. The second kappa shape index (κ2) is 7.47. The van der Waals surface area contributed by atoms with E-state index in [0.29, 0.717) is 22.0 Å². The van der Waals surface area contributed by atoms with E-state index >= 15 is 0 Å². The predicted octanol–water partition coefficient (Wildman–Crippen LogP) is 3.56. The van der Waals surface area contributed by atoms with Crippen molar-refractivity contribution in [3.8, 4) is 11.5 Å². The first-order valence-corrected chi connectivity index (χ1v) is 7.43. The summed E-state index contributed by atoms with van der Waals surface area (Å²) < 4.78 is 11.2. The van der Waals surface area contributed by atoms with Crippen molar-refractivity contribution in [1.29, 1.82) is 0 Å². The molecule has 0 aliphatic rings. The van der Waals surface area contributed by atoms with Gasteiger partial charge in [-0.05, 0) is 40.0 Å². The van der Waals surface area contributed by atoms with Crippen molar-refractivity contribution < 1.29 is 9.47 Å². The number of hydrogen-bond acceptors (Lipinski definition) is 5. The zero-order valence-electron chi connectivity index (χ0n) is 11.7. The van der Waals surface area contributed by atoms with Gasteiger partial charge >= 0.3 is 0 Å². The van der Waals surface area contributed by atoms with E-state index in [1.165, 1.54) is 6.33 Å². The molecule has 0 bridgehead atoms. The van der Waals surface area contributed by atoms with Crippen molar-refractivity contribution in [1.82, 2.24) is 9.97 Å². The molecule has 1 N–H and O–H groups in total. The van der Waals surface area contributed by atoms with Crippen LogP contribution in [0.4, 0.5) is 5.82 Å². The van der Waals surface area contributed by atoms with Crippen molar-refractivity contribution in [2.45, 2.75) is 6.42 Å². The lowest BCUT2D eigenvalue weighted by molar-refractivity contribution is 0.354. The molecule has 0 atom stereocenters. The van der Waals surface area contributed by atoms with Gasteiger partial charge in [0.15, 0.2) is 11.5 Å². The molecule has 0 unspecified atom stereocenters. The molecule has 112 valence electrons. The van der Waals surface area contributed by atoms with E-state index in [9.17, 15) is 0 Å². The number of aromatic nitrogens is 2. The Balaban J connectivity index is 1.99. The third kappa shape index (κ3) is 3.98. The van der Waals surface area contributed by atoms with Gasteiger partial charge in [0, 0.05) is 6.54 Å². The highest BCUT2D eigenvalue weighted by atomic mass is 79.9. The molecule has 0 saturated carbocycles. The molecule has 0 aliphatic carbocycles. The summed E-state index contributed by atoms with van der Waals surface area (Å²) in [4.78, 5) is 8.02. The smallest absolute Gasteiger partial charge is 0.160 e. The van der Waals surface area contributed by atoms with Crippen LogP contribution in [0, 0.1) is 0 Å². The fraction of sp³-hybridized carbons (Fsp3) is 0.286. The molecule has 7 heteroatoms. The first-order valence-electron chi connectivity index (χ1n) is 6.26. The summed E-state index contributed by atoms with van der Waals surface area (Å²) in [6, 6.07) is 5.86. The molecule has 0 amide bonds. The van der Waals surface area contributed by atoms with Crippen LogP contribution >= 0.6 is 27.5 Å². The molecular weight excluding hydrogens is 358 g/mol. The first-order chi connectivity index (χ1) is 10.2. The maximum absolute atomic E-state index is 5.91. The summed E-state index contributed by atoms with van der Waals surface area (Å²) in [7, 11) is 3.25. The van der Waals surface area contributed by atoms with E-state index in [-0.39, 0.29) is 0 Å². The highest BCUT2D eigenvalue weighted by Gasteiger charge is 2.07. The summed E-state index contributed by atoms with van der Waals surface area (Å²) in [5, 5.41) is 3.60. The SMILES string of the molecule is COc1ccc(CCNc2ncnc(Cl)c2Br)cc1OC. The Morgan fingerprint density at radius 3 is 2.67 bits per heavy atom. The van der Waals surface area contributed by atoms with Crippen LogP contribution in [0.2, 0.25) is 5.15 Å². The monoisotopic (exact) mass is 371 g/mol. The van der Waals surface area contributed by atoms with Crippen LogP contribution in [-0.4, -0.2) is 30.7 Å². The van der Waals surface area contributed by atoms with Crippen LogP contribution in [0.3, 0.4) is 0 Å². The van der Waals surface area contributed by atoms with Crippen LogP contribution in [0.1, 0.15) is 5.56 Å². The van der Waals surface area contributed by atoms with Gasteiger partial charge in [-0.1, -0.05) is 17.7 Å². The summed E-state index contributed by atoms with van der Waals surface area (Å²) in [6.45, 7) is 0.710. The minimum atomic E-state index is 0.388. The number of ether oxygens (including phenoxy) is 2. The summed E-state index contributed by atoms with van der Waals surface area (Å²) in [5.41, 5.74) is 1.14. The average molecular weight is 373 g/mol. The molecule has 2 aromatic rings. The number of anilines is 1. The number of methoxy groups -OCH3 is 2. The molecule has 0 radical (unpaired) electrons. The Morgan fingerprint density at radius 1 is 1.19 bits per heavy atom. The molecular formula is C14H15BrClN3O2. The van der Waals surface area contributed by atoms with Gasteiger partial charge in [0.2, 0.25) is 0 Å². The predicted molar refractivity (Wildman–Crippen MR) is 86.5 cm³/mol. The van der Waals surface area contributed by atoms with Gasteiger partial charge in [-0.25, -0.2) is 9.97 Å². The van der Waals surface area contributed by atoms with Crippen LogP contribution in [0.15, 0.2) is 29.0 Å². The lowest BCUT2D eigenvalue weighted by atomic mass is 10.1. The molecule has 1 aromatic carbocycles. The molecule has 1 heterocycles. The Labute approximate surface area is 136 Å². The third-order valence-electron chi connectivity index (χ3n) is 2.90. The maximum atomic E-state index is 5.91. The van der Waals surface area contributed by atoms with Gasteiger partial charge in [-0.2, -0.15) is 0 Å². The lowest BCUT2D eigenvalue weighted by Crippen LogP contribution is -2.07. The standard InChI is InChI=1S/C14H15BrClN3O2/c1-20-10-4-3-9(7-11(10)21-2)5-6-17-14-12(15)13(16)18-8-19-14/h3-4,7-8H,5-6H2,1-2H3,(H,17,18,19). The van der Waals surface area contributed by atoms with Gasteiger partial charge < -0.3 is 14.8 Å². The van der Waals surface area contributed by atoms with Gasteiger partial charge in [-0.3, -0.25) is 0 Å². The van der Waals surface area contributed by atoms with Gasteiger partial charge in [0.1, 0.15) is 17.3 Å². The van der Waals surface area contributed by atoms with Crippen molar-refractivity contribution >= 4 is 33.3 Å². The quantitative estimate of drug-likeness (QED) is 0.786. The number of nitrogens with one attached hydrogen (secondary N) is 1. The Morgan fingerprint density at radius 2 is 1.95 bits per heavy atom. The molecule has 2 rings (SSSR count). The number of benzene rings is 1. The van der Waals surface area contributed by atoms with Crippen LogP contribution in [0.25, 0.3) is 0 Å². The molecule has 0 fully saturated rings. The first kappa shape index (κ1) is 15.9. The molecule has 0 saturated heterocycles.